The molecule has 1 aliphatic carbocycles. The van der Waals surface area contributed by atoms with E-state index in [1.165, 1.54) is 17.8 Å². The molecule has 16 heavy (non-hydrogen) atoms. The second-order valence-electron chi connectivity index (χ2n) is 4.48. The van der Waals surface area contributed by atoms with Crippen molar-refractivity contribution in [1.82, 2.24) is 10.6 Å². The molecule has 1 amide bonds. The van der Waals surface area contributed by atoms with Crippen LogP contribution in [0, 0.1) is 5.92 Å². The third-order valence-electron chi connectivity index (χ3n) is 3.26. The summed E-state index contributed by atoms with van der Waals surface area (Å²) >= 11 is 7.33. The number of amides is 1. The van der Waals surface area contributed by atoms with Gasteiger partial charge in [0.15, 0.2) is 0 Å². The number of hydrogen-bond acceptors (Lipinski definition) is 3. The van der Waals surface area contributed by atoms with E-state index in [9.17, 15) is 4.79 Å². The van der Waals surface area contributed by atoms with Crippen molar-refractivity contribution in [2.24, 2.45) is 5.92 Å². The van der Waals surface area contributed by atoms with Crippen LogP contribution in [-0.4, -0.2) is 18.0 Å². The molecule has 2 aliphatic rings. The van der Waals surface area contributed by atoms with E-state index >= 15 is 0 Å². The van der Waals surface area contributed by atoms with Gasteiger partial charge >= 0.3 is 0 Å². The number of piperidine rings is 1. The van der Waals surface area contributed by atoms with Crippen molar-refractivity contribution in [1.29, 1.82) is 0 Å². The van der Waals surface area contributed by atoms with E-state index in [2.05, 4.69) is 10.6 Å². The van der Waals surface area contributed by atoms with Crippen molar-refractivity contribution in [2.45, 2.75) is 31.5 Å². The lowest BCUT2D eigenvalue weighted by Crippen LogP contribution is -2.41. The third kappa shape index (κ3) is 2.10. The minimum atomic E-state index is 0.0270. The van der Waals surface area contributed by atoms with E-state index in [-0.39, 0.29) is 11.9 Å². The van der Waals surface area contributed by atoms with Gasteiger partial charge in [0.05, 0.1) is 16.9 Å². The van der Waals surface area contributed by atoms with Crippen LogP contribution in [0.5, 0.6) is 0 Å². The molecule has 3 rings (SSSR count). The van der Waals surface area contributed by atoms with Crippen molar-refractivity contribution in [3.63, 3.8) is 0 Å². The molecule has 1 saturated carbocycles. The highest BCUT2D eigenvalue weighted by atomic mass is 35.5. The Morgan fingerprint density at radius 3 is 3.06 bits per heavy atom. The number of carbonyl (C=O) groups is 1. The van der Waals surface area contributed by atoms with Crippen molar-refractivity contribution in [2.75, 3.05) is 0 Å². The van der Waals surface area contributed by atoms with Gasteiger partial charge in [-0.05, 0) is 30.9 Å². The molecule has 1 aliphatic heterocycles. The zero-order valence-electron chi connectivity index (χ0n) is 8.70. The van der Waals surface area contributed by atoms with Gasteiger partial charge in [0.25, 0.3) is 0 Å². The summed E-state index contributed by atoms with van der Waals surface area (Å²) in [6.07, 6.45) is 2.26. The highest BCUT2D eigenvalue weighted by Gasteiger charge is 2.47. The molecule has 0 bridgehead atoms. The number of rotatable bonds is 3. The molecule has 1 aromatic heterocycles. The van der Waals surface area contributed by atoms with Crippen LogP contribution in [0.4, 0.5) is 0 Å². The summed E-state index contributed by atoms with van der Waals surface area (Å²) in [6.45, 7) is 0.587. The maximum atomic E-state index is 11.8. The summed E-state index contributed by atoms with van der Waals surface area (Å²) in [5.74, 6) is 0.878. The van der Waals surface area contributed by atoms with Crippen molar-refractivity contribution < 1.29 is 4.79 Å². The normalized spacial score (nSPS) is 31.2. The average Bonchev–Trinajstić information content (AvgIpc) is 2.71. The summed E-state index contributed by atoms with van der Waals surface area (Å²) in [5, 5.41) is 6.28. The largest absolute Gasteiger partial charge is 0.350 e. The first-order valence-electron chi connectivity index (χ1n) is 5.50. The van der Waals surface area contributed by atoms with Crippen LogP contribution < -0.4 is 10.6 Å². The Kier molecular flexibility index (Phi) is 2.65. The second kappa shape index (κ2) is 4.02. The fourth-order valence-electron chi connectivity index (χ4n) is 2.27. The molecule has 1 saturated heterocycles. The number of halogens is 1. The van der Waals surface area contributed by atoms with Crippen LogP contribution in [0.1, 0.15) is 17.7 Å². The van der Waals surface area contributed by atoms with Gasteiger partial charge in [-0.15, -0.1) is 11.3 Å². The molecule has 2 N–H and O–H groups in total. The zero-order valence-corrected chi connectivity index (χ0v) is 10.3. The Bertz CT molecular complexity index is 410. The summed E-state index contributed by atoms with van der Waals surface area (Å²) < 4.78 is 0.768. The van der Waals surface area contributed by atoms with Crippen molar-refractivity contribution in [3.8, 4) is 0 Å². The molecule has 3 atom stereocenters. The SMILES string of the molecule is O=C(NCc1ccc(Cl)s1)C1CC2CC2N1. The van der Waals surface area contributed by atoms with Gasteiger partial charge in [-0.3, -0.25) is 4.79 Å². The third-order valence-corrected chi connectivity index (χ3v) is 4.49. The molecule has 0 spiro atoms. The number of nitrogens with one attached hydrogen (secondary N) is 2. The molecular weight excluding hydrogens is 244 g/mol. The van der Waals surface area contributed by atoms with Gasteiger partial charge in [0.1, 0.15) is 0 Å². The Labute approximate surface area is 103 Å². The lowest BCUT2D eigenvalue weighted by Gasteiger charge is -2.12. The minimum absolute atomic E-state index is 0.0270. The highest BCUT2D eigenvalue weighted by molar-refractivity contribution is 7.16. The molecule has 5 heteroatoms. The molecule has 0 radical (unpaired) electrons. The standard InChI is InChI=1S/C11H13ClN2OS/c12-10-2-1-7(16-10)5-13-11(15)9-4-6-3-8(6)14-9/h1-2,6,8-9,14H,3-5H2,(H,13,15). The number of hydrogen-bond donors (Lipinski definition) is 2. The zero-order chi connectivity index (χ0) is 11.1. The van der Waals surface area contributed by atoms with E-state index in [0.717, 1.165) is 21.6 Å². The molecular formula is C11H13ClN2OS. The lowest BCUT2D eigenvalue weighted by atomic mass is 10.2. The summed E-state index contributed by atoms with van der Waals surface area (Å²) in [4.78, 5) is 12.9. The number of fused-ring (bicyclic) bond motifs is 1. The van der Waals surface area contributed by atoms with E-state index in [1.807, 2.05) is 12.1 Å². The second-order valence-corrected chi connectivity index (χ2v) is 6.28. The van der Waals surface area contributed by atoms with Gasteiger partial charge in [0.2, 0.25) is 5.91 Å². The quantitative estimate of drug-likeness (QED) is 0.866. The van der Waals surface area contributed by atoms with Gasteiger partial charge in [-0.25, -0.2) is 0 Å². The Balaban J connectivity index is 1.49. The summed E-state index contributed by atoms with van der Waals surface area (Å²) in [6, 6.07) is 4.45. The fraction of sp³-hybridized carbons (Fsp3) is 0.545. The first-order chi connectivity index (χ1) is 7.72. The fourth-order valence-corrected chi connectivity index (χ4v) is 3.30. The van der Waals surface area contributed by atoms with E-state index in [1.54, 1.807) is 0 Å². The molecule has 86 valence electrons. The Morgan fingerprint density at radius 1 is 1.56 bits per heavy atom. The predicted molar refractivity (Wildman–Crippen MR) is 64.6 cm³/mol. The number of thiophene rings is 1. The van der Waals surface area contributed by atoms with Crippen LogP contribution in [0.15, 0.2) is 12.1 Å². The molecule has 2 fully saturated rings. The predicted octanol–water partition coefficient (Wildman–Crippen LogP) is 1.77. The van der Waals surface area contributed by atoms with Gasteiger partial charge in [-0.1, -0.05) is 11.6 Å². The van der Waals surface area contributed by atoms with Gasteiger partial charge in [0, 0.05) is 10.9 Å². The monoisotopic (exact) mass is 256 g/mol. The molecule has 1 aromatic rings. The van der Waals surface area contributed by atoms with Crippen LogP contribution in [-0.2, 0) is 11.3 Å². The smallest absolute Gasteiger partial charge is 0.237 e. The van der Waals surface area contributed by atoms with Gasteiger partial charge in [-0.2, -0.15) is 0 Å². The topological polar surface area (TPSA) is 41.1 Å². The number of carbonyl (C=O) groups excluding carboxylic acids is 1. The lowest BCUT2D eigenvalue weighted by molar-refractivity contribution is -0.123. The van der Waals surface area contributed by atoms with Crippen LogP contribution >= 0.6 is 22.9 Å². The first-order valence-corrected chi connectivity index (χ1v) is 6.70. The van der Waals surface area contributed by atoms with E-state index in [0.29, 0.717) is 12.6 Å². The Hall–Kier alpha value is -0.580. The van der Waals surface area contributed by atoms with Crippen molar-refractivity contribution >= 4 is 28.8 Å². The average molecular weight is 257 g/mol. The first kappa shape index (κ1) is 10.6. The maximum Gasteiger partial charge on any atom is 0.237 e. The van der Waals surface area contributed by atoms with Gasteiger partial charge < -0.3 is 10.6 Å². The van der Waals surface area contributed by atoms with Crippen LogP contribution in [0.25, 0.3) is 0 Å². The summed E-state index contributed by atoms with van der Waals surface area (Å²) in [5.41, 5.74) is 0. The van der Waals surface area contributed by atoms with Crippen molar-refractivity contribution in [3.05, 3.63) is 21.3 Å². The summed E-state index contributed by atoms with van der Waals surface area (Å²) in [7, 11) is 0. The molecule has 3 unspecified atom stereocenters. The highest BCUT2D eigenvalue weighted by Crippen LogP contribution is 2.40. The molecule has 3 nitrogen and oxygen atoms in total. The van der Waals surface area contributed by atoms with Crippen LogP contribution in [0.2, 0.25) is 4.34 Å². The maximum absolute atomic E-state index is 11.8. The Morgan fingerprint density at radius 2 is 2.44 bits per heavy atom. The van der Waals surface area contributed by atoms with Crippen LogP contribution in [0.3, 0.4) is 0 Å². The minimum Gasteiger partial charge on any atom is -0.350 e. The van der Waals surface area contributed by atoms with E-state index in [4.69, 9.17) is 11.6 Å². The molecule has 0 aromatic carbocycles. The molecule has 2 heterocycles. The van der Waals surface area contributed by atoms with E-state index < -0.39 is 0 Å².